The monoisotopic (exact) mass is 256 g/mol. The van der Waals surface area contributed by atoms with Gasteiger partial charge in [-0.25, -0.2) is 0 Å². The standard InChI is InChI=1S/C14H28N2O2/c1-13-9-15(2)6-4-7-16(13)10-14(11-17)5-3-8-18-12-14/h13,17H,3-12H2,1-2H3. The lowest BCUT2D eigenvalue weighted by Gasteiger charge is -2.41. The van der Waals surface area contributed by atoms with Gasteiger partial charge in [-0.15, -0.1) is 0 Å². The van der Waals surface area contributed by atoms with Crippen LogP contribution in [0.4, 0.5) is 0 Å². The number of ether oxygens (including phenoxy) is 1. The van der Waals surface area contributed by atoms with Crippen LogP contribution >= 0.6 is 0 Å². The summed E-state index contributed by atoms with van der Waals surface area (Å²) in [6.45, 7) is 8.59. The van der Waals surface area contributed by atoms with Gasteiger partial charge in [0.1, 0.15) is 0 Å². The summed E-state index contributed by atoms with van der Waals surface area (Å²) in [5.41, 5.74) is -0.0184. The first-order valence-electron chi connectivity index (χ1n) is 7.26. The minimum atomic E-state index is -0.0184. The SMILES string of the molecule is CC1CN(C)CCCN1CC1(CO)CCCOC1. The van der Waals surface area contributed by atoms with Crippen molar-refractivity contribution in [2.45, 2.75) is 32.2 Å². The second-order valence-corrected chi connectivity index (χ2v) is 6.25. The van der Waals surface area contributed by atoms with E-state index < -0.39 is 0 Å². The first-order valence-corrected chi connectivity index (χ1v) is 7.26. The van der Waals surface area contributed by atoms with Gasteiger partial charge >= 0.3 is 0 Å². The first kappa shape index (κ1) is 14.3. The van der Waals surface area contributed by atoms with Crippen LogP contribution in [0, 0.1) is 5.41 Å². The molecule has 2 saturated heterocycles. The molecule has 2 fully saturated rings. The molecular weight excluding hydrogens is 228 g/mol. The zero-order valence-electron chi connectivity index (χ0n) is 11.9. The fraction of sp³-hybridized carbons (Fsp3) is 1.00. The Bertz CT molecular complexity index is 254. The van der Waals surface area contributed by atoms with E-state index >= 15 is 0 Å². The second kappa shape index (κ2) is 6.33. The molecule has 0 radical (unpaired) electrons. The van der Waals surface area contributed by atoms with Gasteiger partial charge in [0.05, 0.1) is 13.2 Å². The molecule has 0 saturated carbocycles. The predicted molar refractivity (Wildman–Crippen MR) is 72.7 cm³/mol. The van der Waals surface area contributed by atoms with E-state index in [1.807, 2.05) is 0 Å². The molecule has 2 atom stereocenters. The Morgan fingerprint density at radius 3 is 2.83 bits per heavy atom. The molecule has 2 unspecified atom stereocenters. The van der Waals surface area contributed by atoms with E-state index in [1.165, 1.54) is 13.0 Å². The largest absolute Gasteiger partial charge is 0.396 e. The maximum absolute atomic E-state index is 9.76. The average molecular weight is 256 g/mol. The van der Waals surface area contributed by atoms with Crippen LogP contribution in [0.2, 0.25) is 0 Å². The highest BCUT2D eigenvalue weighted by Crippen LogP contribution is 2.30. The summed E-state index contributed by atoms with van der Waals surface area (Å²) in [5.74, 6) is 0. The van der Waals surface area contributed by atoms with Crippen LogP contribution < -0.4 is 0 Å². The van der Waals surface area contributed by atoms with Crippen molar-refractivity contribution in [3.63, 3.8) is 0 Å². The summed E-state index contributed by atoms with van der Waals surface area (Å²) in [5, 5.41) is 9.76. The topological polar surface area (TPSA) is 35.9 Å². The molecule has 0 aromatic heterocycles. The van der Waals surface area contributed by atoms with E-state index in [1.54, 1.807) is 0 Å². The molecule has 0 bridgehead atoms. The van der Waals surface area contributed by atoms with Crippen molar-refractivity contribution in [3.8, 4) is 0 Å². The number of hydrogen-bond donors (Lipinski definition) is 1. The zero-order valence-corrected chi connectivity index (χ0v) is 11.9. The molecule has 0 aromatic carbocycles. The Labute approximate surface area is 111 Å². The van der Waals surface area contributed by atoms with Gasteiger partial charge in [0.2, 0.25) is 0 Å². The highest BCUT2D eigenvalue weighted by Gasteiger charge is 2.35. The quantitative estimate of drug-likeness (QED) is 0.810. The van der Waals surface area contributed by atoms with Gasteiger partial charge in [-0.2, -0.15) is 0 Å². The molecule has 2 heterocycles. The van der Waals surface area contributed by atoms with Gasteiger partial charge in [0, 0.05) is 31.2 Å². The Kier molecular flexibility index (Phi) is 5.01. The van der Waals surface area contributed by atoms with Gasteiger partial charge in [-0.05, 0) is 46.3 Å². The summed E-state index contributed by atoms with van der Waals surface area (Å²) in [6, 6.07) is 0.572. The molecule has 4 heteroatoms. The predicted octanol–water partition coefficient (Wildman–Crippen LogP) is 0.802. The molecule has 2 rings (SSSR count). The van der Waals surface area contributed by atoms with Crippen LogP contribution in [0.1, 0.15) is 26.2 Å². The van der Waals surface area contributed by atoms with Crippen molar-refractivity contribution in [1.82, 2.24) is 9.80 Å². The third kappa shape index (κ3) is 3.44. The molecule has 4 nitrogen and oxygen atoms in total. The van der Waals surface area contributed by atoms with Gasteiger partial charge < -0.3 is 14.7 Å². The Hall–Kier alpha value is -0.160. The van der Waals surface area contributed by atoms with Crippen LogP contribution in [0.15, 0.2) is 0 Å². The second-order valence-electron chi connectivity index (χ2n) is 6.25. The number of hydrogen-bond acceptors (Lipinski definition) is 4. The van der Waals surface area contributed by atoms with E-state index in [4.69, 9.17) is 4.74 Å². The summed E-state index contributed by atoms with van der Waals surface area (Å²) in [7, 11) is 2.20. The van der Waals surface area contributed by atoms with Crippen molar-refractivity contribution < 1.29 is 9.84 Å². The lowest BCUT2D eigenvalue weighted by atomic mass is 9.82. The van der Waals surface area contributed by atoms with Crippen molar-refractivity contribution in [1.29, 1.82) is 0 Å². The Balaban J connectivity index is 1.97. The lowest BCUT2D eigenvalue weighted by Crippen LogP contribution is -2.49. The van der Waals surface area contributed by atoms with Gasteiger partial charge in [0.25, 0.3) is 0 Å². The molecule has 18 heavy (non-hydrogen) atoms. The third-order valence-electron chi connectivity index (χ3n) is 4.46. The molecule has 0 spiro atoms. The van der Waals surface area contributed by atoms with Crippen LogP contribution in [0.25, 0.3) is 0 Å². The Morgan fingerprint density at radius 2 is 2.17 bits per heavy atom. The first-order chi connectivity index (χ1) is 8.65. The summed E-state index contributed by atoms with van der Waals surface area (Å²) >= 11 is 0. The van der Waals surface area contributed by atoms with E-state index in [0.29, 0.717) is 6.04 Å². The van der Waals surface area contributed by atoms with Crippen molar-refractivity contribution in [2.24, 2.45) is 5.41 Å². The van der Waals surface area contributed by atoms with Crippen molar-refractivity contribution >= 4 is 0 Å². The number of aliphatic hydroxyl groups is 1. The van der Waals surface area contributed by atoms with Gasteiger partial charge in [-0.3, -0.25) is 4.90 Å². The number of aliphatic hydroxyl groups excluding tert-OH is 1. The smallest absolute Gasteiger partial charge is 0.0556 e. The lowest BCUT2D eigenvalue weighted by molar-refractivity contribution is -0.0595. The fourth-order valence-electron chi connectivity index (χ4n) is 3.30. The number of rotatable bonds is 3. The zero-order chi connectivity index (χ0) is 13.0. The van der Waals surface area contributed by atoms with Crippen LogP contribution in [0.5, 0.6) is 0 Å². The van der Waals surface area contributed by atoms with Gasteiger partial charge in [0.15, 0.2) is 0 Å². The fourth-order valence-corrected chi connectivity index (χ4v) is 3.30. The molecule has 2 aliphatic heterocycles. The van der Waals surface area contributed by atoms with Gasteiger partial charge in [-0.1, -0.05) is 0 Å². The number of likely N-dealkylation sites (N-methyl/N-ethyl adjacent to an activating group) is 1. The molecular formula is C14H28N2O2. The molecule has 0 aliphatic carbocycles. The third-order valence-corrected chi connectivity index (χ3v) is 4.46. The molecule has 2 aliphatic rings. The van der Waals surface area contributed by atoms with E-state index in [0.717, 1.165) is 45.7 Å². The molecule has 0 aromatic rings. The Morgan fingerprint density at radius 1 is 1.33 bits per heavy atom. The normalized spacial score (nSPS) is 36.5. The highest BCUT2D eigenvalue weighted by molar-refractivity contribution is 4.87. The maximum atomic E-state index is 9.76. The van der Waals surface area contributed by atoms with Crippen LogP contribution in [-0.2, 0) is 4.74 Å². The maximum Gasteiger partial charge on any atom is 0.0556 e. The summed E-state index contributed by atoms with van der Waals surface area (Å²) in [4.78, 5) is 4.96. The summed E-state index contributed by atoms with van der Waals surface area (Å²) < 4.78 is 5.61. The minimum Gasteiger partial charge on any atom is -0.396 e. The molecule has 106 valence electrons. The summed E-state index contributed by atoms with van der Waals surface area (Å²) in [6.07, 6.45) is 3.41. The van der Waals surface area contributed by atoms with E-state index in [9.17, 15) is 5.11 Å². The van der Waals surface area contributed by atoms with E-state index in [-0.39, 0.29) is 12.0 Å². The van der Waals surface area contributed by atoms with Crippen LogP contribution in [-0.4, -0.2) is 74.0 Å². The molecule has 1 N–H and O–H groups in total. The average Bonchev–Trinajstić information content (AvgIpc) is 2.52. The van der Waals surface area contributed by atoms with E-state index in [2.05, 4.69) is 23.8 Å². The number of nitrogens with zero attached hydrogens (tertiary/aromatic N) is 2. The van der Waals surface area contributed by atoms with Crippen molar-refractivity contribution in [3.05, 3.63) is 0 Å². The minimum absolute atomic E-state index is 0.0184. The van der Waals surface area contributed by atoms with Crippen LogP contribution in [0.3, 0.4) is 0 Å². The highest BCUT2D eigenvalue weighted by atomic mass is 16.5. The van der Waals surface area contributed by atoms with Crippen molar-refractivity contribution in [2.75, 3.05) is 53.0 Å². The molecule has 0 amide bonds.